The second-order valence-corrected chi connectivity index (χ2v) is 3.14. The fraction of sp³-hybridized carbons (Fsp3) is 0.200. The number of carbonyl (C=O) groups excluding carboxylic acids is 1. The number of nitrogens with zero attached hydrogens (tertiary/aromatic N) is 4. The van der Waals surface area contributed by atoms with E-state index in [4.69, 9.17) is 0 Å². The van der Waals surface area contributed by atoms with Crippen LogP contribution in [0.4, 0.5) is 5.69 Å². The van der Waals surface area contributed by atoms with Gasteiger partial charge in [-0.05, 0) is 29.5 Å². The van der Waals surface area contributed by atoms with Crippen LogP contribution in [0.2, 0.25) is 0 Å². The zero-order valence-electron chi connectivity index (χ0n) is 8.79. The smallest absolute Gasteiger partial charge is 0.295 e. The average Bonchev–Trinajstić information content (AvgIpc) is 2.78. The molecule has 1 aromatic heterocycles. The van der Waals surface area contributed by atoms with Crippen molar-refractivity contribution in [3.05, 3.63) is 36.2 Å². The highest BCUT2D eigenvalue weighted by Crippen LogP contribution is 2.06. The number of benzene rings is 1. The molecule has 2 rings (SSSR count). The molecule has 0 unspecified atom stereocenters. The number of carbonyl (C=O) groups is 1. The van der Waals surface area contributed by atoms with Crippen molar-refractivity contribution in [2.45, 2.75) is 13.5 Å². The highest BCUT2D eigenvalue weighted by molar-refractivity contribution is 6.01. The van der Waals surface area contributed by atoms with Gasteiger partial charge in [-0.3, -0.25) is 4.79 Å². The molecule has 0 aliphatic rings. The van der Waals surface area contributed by atoms with E-state index in [-0.39, 0.29) is 11.7 Å². The van der Waals surface area contributed by atoms with Gasteiger partial charge in [0.05, 0.1) is 0 Å². The minimum absolute atomic E-state index is 0.214. The lowest BCUT2D eigenvalue weighted by molar-refractivity contribution is 0.101. The highest BCUT2D eigenvalue weighted by Gasteiger charge is 2.14. The quantitative estimate of drug-likeness (QED) is 0.830. The fourth-order valence-corrected chi connectivity index (χ4v) is 1.29. The maximum atomic E-state index is 11.8. The molecular weight excluding hydrogens is 206 g/mol. The first kappa shape index (κ1) is 10.3. The second-order valence-electron chi connectivity index (χ2n) is 3.14. The Balaban J connectivity index is 2.15. The summed E-state index contributed by atoms with van der Waals surface area (Å²) >= 11 is 0. The topological polar surface area (TPSA) is 72.7 Å². The van der Waals surface area contributed by atoms with Gasteiger partial charge in [-0.15, -0.1) is 5.10 Å². The average molecular weight is 217 g/mol. The van der Waals surface area contributed by atoms with Crippen molar-refractivity contribution in [3.8, 4) is 0 Å². The van der Waals surface area contributed by atoms with Crippen molar-refractivity contribution in [1.29, 1.82) is 0 Å². The van der Waals surface area contributed by atoms with Crippen molar-refractivity contribution >= 4 is 11.6 Å². The number of aryl methyl sites for hydroxylation is 1. The molecule has 0 atom stereocenters. The standard InChI is InChI=1S/C10H11N5O/c1-2-15-9(12-13-14-15)10(16)11-8-6-4-3-5-7-8/h3-7H,2H2,1H3,(H,11,16). The first-order chi connectivity index (χ1) is 7.81. The molecule has 0 saturated heterocycles. The van der Waals surface area contributed by atoms with E-state index < -0.39 is 0 Å². The van der Waals surface area contributed by atoms with Gasteiger partial charge < -0.3 is 5.32 Å². The Hall–Kier alpha value is -2.24. The summed E-state index contributed by atoms with van der Waals surface area (Å²) in [5.41, 5.74) is 0.721. The summed E-state index contributed by atoms with van der Waals surface area (Å²) < 4.78 is 1.44. The molecule has 6 nitrogen and oxygen atoms in total. The molecule has 0 radical (unpaired) electrons. The van der Waals surface area contributed by atoms with Crippen LogP contribution in [0, 0.1) is 0 Å². The van der Waals surface area contributed by atoms with E-state index in [9.17, 15) is 4.79 Å². The van der Waals surface area contributed by atoms with Crippen molar-refractivity contribution in [2.75, 3.05) is 5.32 Å². The third-order valence-electron chi connectivity index (χ3n) is 2.07. The van der Waals surface area contributed by atoms with E-state index in [1.807, 2.05) is 25.1 Å². The Labute approximate surface area is 92.3 Å². The van der Waals surface area contributed by atoms with Gasteiger partial charge >= 0.3 is 0 Å². The molecule has 16 heavy (non-hydrogen) atoms. The Kier molecular flexibility index (Phi) is 2.90. The molecule has 0 aliphatic heterocycles. The molecule has 82 valence electrons. The number of amides is 1. The third-order valence-corrected chi connectivity index (χ3v) is 2.07. The Morgan fingerprint density at radius 3 is 2.81 bits per heavy atom. The van der Waals surface area contributed by atoms with Crippen LogP contribution in [-0.2, 0) is 6.54 Å². The minimum Gasteiger partial charge on any atom is -0.319 e. The van der Waals surface area contributed by atoms with Crippen LogP contribution in [0.3, 0.4) is 0 Å². The number of tetrazole rings is 1. The van der Waals surface area contributed by atoms with Crippen molar-refractivity contribution < 1.29 is 4.79 Å². The minimum atomic E-state index is -0.307. The van der Waals surface area contributed by atoms with Gasteiger partial charge in [-0.25, -0.2) is 4.68 Å². The highest BCUT2D eigenvalue weighted by atomic mass is 16.2. The molecule has 1 aromatic carbocycles. The van der Waals surface area contributed by atoms with Gasteiger partial charge in [0.1, 0.15) is 0 Å². The summed E-state index contributed by atoms with van der Waals surface area (Å²) in [4.78, 5) is 11.8. The number of hydrogen-bond donors (Lipinski definition) is 1. The number of rotatable bonds is 3. The molecule has 0 fully saturated rings. The van der Waals surface area contributed by atoms with E-state index in [2.05, 4.69) is 20.8 Å². The van der Waals surface area contributed by atoms with E-state index >= 15 is 0 Å². The lowest BCUT2D eigenvalue weighted by Crippen LogP contribution is -2.18. The molecule has 6 heteroatoms. The first-order valence-corrected chi connectivity index (χ1v) is 4.94. The Bertz CT molecular complexity index is 479. The SMILES string of the molecule is CCn1nnnc1C(=O)Nc1ccccc1. The lowest BCUT2D eigenvalue weighted by atomic mass is 10.3. The number of para-hydroxylation sites is 1. The second kappa shape index (κ2) is 4.52. The molecule has 2 aromatic rings. The molecule has 0 spiro atoms. The molecule has 0 bridgehead atoms. The van der Waals surface area contributed by atoms with Crippen LogP contribution < -0.4 is 5.32 Å². The normalized spacial score (nSPS) is 10.1. The molecule has 0 aliphatic carbocycles. The maximum absolute atomic E-state index is 11.8. The molecule has 1 amide bonds. The van der Waals surface area contributed by atoms with Gasteiger partial charge in [-0.2, -0.15) is 0 Å². The van der Waals surface area contributed by atoms with Crippen LogP contribution in [0.25, 0.3) is 0 Å². The van der Waals surface area contributed by atoms with Crippen molar-refractivity contribution in [1.82, 2.24) is 20.2 Å². The summed E-state index contributed by atoms with van der Waals surface area (Å²) in [6, 6.07) is 9.18. The van der Waals surface area contributed by atoms with E-state index in [0.29, 0.717) is 6.54 Å². The Morgan fingerprint density at radius 2 is 2.12 bits per heavy atom. The van der Waals surface area contributed by atoms with Gasteiger partial charge in [0.15, 0.2) is 0 Å². The molecule has 0 saturated carbocycles. The van der Waals surface area contributed by atoms with E-state index in [0.717, 1.165) is 5.69 Å². The van der Waals surface area contributed by atoms with Gasteiger partial charge in [0.25, 0.3) is 5.91 Å². The monoisotopic (exact) mass is 217 g/mol. The first-order valence-electron chi connectivity index (χ1n) is 4.94. The Morgan fingerprint density at radius 1 is 1.38 bits per heavy atom. The maximum Gasteiger partial charge on any atom is 0.295 e. The van der Waals surface area contributed by atoms with Crippen LogP contribution in [-0.4, -0.2) is 26.1 Å². The van der Waals surface area contributed by atoms with Gasteiger partial charge in [0, 0.05) is 12.2 Å². The zero-order valence-corrected chi connectivity index (χ0v) is 8.79. The van der Waals surface area contributed by atoms with Crippen molar-refractivity contribution in [3.63, 3.8) is 0 Å². The van der Waals surface area contributed by atoms with Crippen LogP contribution in [0.5, 0.6) is 0 Å². The molecular formula is C10H11N5O. The fourth-order valence-electron chi connectivity index (χ4n) is 1.29. The van der Waals surface area contributed by atoms with Gasteiger partial charge in [0.2, 0.25) is 5.82 Å². The van der Waals surface area contributed by atoms with Crippen LogP contribution in [0.1, 0.15) is 17.5 Å². The summed E-state index contributed by atoms with van der Waals surface area (Å²) in [5.74, 6) is -0.0931. The van der Waals surface area contributed by atoms with Gasteiger partial charge in [-0.1, -0.05) is 18.2 Å². The summed E-state index contributed by atoms with van der Waals surface area (Å²) in [6.07, 6.45) is 0. The van der Waals surface area contributed by atoms with Crippen molar-refractivity contribution in [2.24, 2.45) is 0 Å². The number of nitrogens with one attached hydrogen (secondary N) is 1. The van der Waals surface area contributed by atoms with E-state index in [1.54, 1.807) is 12.1 Å². The molecule has 1 heterocycles. The number of hydrogen-bond acceptors (Lipinski definition) is 4. The zero-order chi connectivity index (χ0) is 11.4. The largest absolute Gasteiger partial charge is 0.319 e. The number of aromatic nitrogens is 4. The van der Waals surface area contributed by atoms with Crippen LogP contribution in [0.15, 0.2) is 30.3 Å². The third kappa shape index (κ3) is 2.05. The summed E-state index contributed by atoms with van der Waals surface area (Å²) in [6.45, 7) is 2.43. The summed E-state index contributed by atoms with van der Waals surface area (Å²) in [5, 5.41) is 13.5. The number of anilines is 1. The van der Waals surface area contributed by atoms with Crippen LogP contribution >= 0.6 is 0 Å². The predicted molar refractivity (Wildman–Crippen MR) is 57.9 cm³/mol. The molecule has 1 N–H and O–H groups in total. The predicted octanol–water partition coefficient (Wildman–Crippen LogP) is 0.945. The summed E-state index contributed by atoms with van der Waals surface area (Å²) in [7, 11) is 0. The lowest BCUT2D eigenvalue weighted by Gasteiger charge is -2.03. The van der Waals surface area contributed by atoms with E-state index in [1.165, 1.54) is 4.68 Å².